The largest absolute Gasteiger partial charge is 0.310 e. The Kier molecular flexibility index (Phi) is 6.65. The summed E-state index contributed by atoms with van der Waals surface area (Å²) < 4.78 is 2.49. The van der Waals surface area contributed by atoms with Crippen LogP contribution in [0, 0.1) is 5.92 Å². The van der Waals surface area contributed by atoms with Gasteiger partial charge >= 0.3 is 0 Å². The SMILES string of the molecule is C1=CC2=C(CC1)C1C=Cc3c(c4c(n3-c3ccccc3)=CCC(c3nc(-c5ccc(-c6ccccc6)cc5)c5c(n3)=CCCC=5)C=4)C1S2. The van der Waals surface area contributed by atoms with E-state index in [2.05, 4.69) is 150 Å². The zero-order valence-corrected chi connectivity index (χ0v) is 27.5. The van der Waals surface area contributed by atoms with Gasteiger partial charge in [0.15, 0.2) is 0 Å². The molecule has 0 radical (unpaired) electrons. The topological polar surface area (TPSA) is 30.7 Å². The minimum atomic E-state index is 0.106. The first-order chi connectivity index (χ1) is 23.8. The quantitative estimate of drug-likeness (QED) is 0.202. The molecule has 3 atom stereocenters. The number of hydrogen-bond donors (Lipinski definition) is 0. The number of allylic oxidation sites excluding steroid dienone is 4. The maximum Gasteiger partial charge on any atom is 0.136 e. The Morgan fingerprint density at radius 2 is 1.48 bits per heavy atom. The second kappa shape index (κ2) is 11.4. The first-order valence-electron chi connectivity index (χ1n) is 17.3. The number of rotatable bonds is 4. The first-order valence-corrected chi connectivity index (χ1v) is 18.2. The number of aromatic nitrogens is 3. The van der Waals surface area contributed by atoms with Gasteiger partial charge in [0.1, 0.15) is 5.82 Å². The van der Waals surface area contributed by atoms with Crippen LogP contribution in [0.3, 0.4) is 0 Å². The van der Waals surface area contributed by atoms with Gasteiger partial charge in [-0.1, -0.05) is 115 Å². The highest BCUT2D eigenvalue weighted by Gasteiger charge is 2.40. The predicted molar refractivity (Wildman–Crippen MR) is 200 cm³/mol. The molecular formula is C44H35N3S. The molecule has 0 fully saturated rings. The molecule has 0 amide bonds. The molecule has 2 aromatic heterocycles. The Balaban J connectivity index is 1.12. The van der Waals surface area contributed by atoms with Gasteiger partial charge in [-0.3, -0.25) is 0 Å². The molecular weight excluding hydrogens is 603 g/mol. The van der Waals surface area contributed by atoms with Crippen molar-refractivity contribution in [2.24, 2.45) is 5.92 Å². The van der Waals surface area contributed by atoms with Crippen LogP contribution >= 0.6 is 11.8 Å². The van der Waals surface area contributed by atoms with E-state index in [1.807, 2.05) is 0 Å². The summed E-state index contributed by atoms with van der Waals surface area (Å²) in [6, 6.07) is 30.4. The monoisotopic (exact) mass is 637 g/mol. The van der Waals surface area contributed by atoms with Gasteiger partial charge in [-0.25, -0.2) is 9.97 Å². The normalized spacial score (nSPS) is 21.5. The molecule has 0 spiro atoms. The third-order valence-corrected chi connectivity index (χ3v) is 12.0. The smallest absolute Gasteiger partial charge is 0.136 e. The lowest BCUT2D eigenvalue weighted by Crippen LogP contribution is -2.37. The fraction of sp³-hybridized carbons (Fsp3) is 0.182. The Morgan fingerprint density at radius 1 is 0.708 bits per heavy atom. The molecule has 4 aliphatic carbocycles. The van der Waals surface area contributed by atoms with Crippen LogP contribution in [0.5, 0.6) is 0 Å². The van der Waals surface area contributed by atoms with E-state index in [1.54, 1.807) is 5.57 Å². The van der Waals surface area contributed by atoms with Crippen molar-refractivity contribution in [1.82, 2.24) is 14.5 Å². The predicted octanol–water partition coefficient (Wildman–Crippen LogP) is 7.74. The summed E-state index contributed by atoms with van der Waals surface area (Å²) in [5.41, 5.74) is 10.3. The molecule has 4 heteroatoms. The Hall–Kier alpha value is -4.93. The first kappa shape index (κ1) is 28.1. The number of fused-ring (bicyclic) bond motifs is 7. The molecule has 0 saturated heterocycles. The zero-order chi connectivity index (χ0) is 31.6. The maximum atomic E-state index is 5.40. The van der Waals surface area contributed by atoms with Gasteiger partial charge in [-0.2, -0.15) is 0 Å². The van der Waals surface area contributed by atoms with Crippen molar-refractivity contribution in [3.63, 3.8) is 0 Å². The van der Waals surface area contributed by atoms with Gasteiger partial charge in [-0.05, 0) is 72.6 Å². The third kappa shape index (κ3) is 4.50. The van der Waals surface area contributed by atoms with Crippen LogP contribution in [0.2, 0.25) is 0 Å². The summed E-state index contributed by atoms with van der Waals surface area (Å²) in [7, 11) is 0. The number of nitrogens with zero attached hydrogens (tertiary/aromatic N) is 3. The Morgan fingerprint density at radius 3 is 2.33 bits per heavy atom. The van der Waals surface area contributed by atoms with Gasteiger partial charge in [-0.15, -0.1) is 11.8 Å². The molecule has 5 aliphatic rings. The molecule has 48 heavy (non-hydrogen) atoms. The Bertz CT molecular complexity index is 2450. The third-order valence-electron chi connectivity index (χ3n) is 10.6. The van der Waals surface area contributed by atoms with Gasteiger partial charge in [0.05, 0.1) is 16.7 Å². The van der Waals surface area contributed by atoms with Crippen molar-refractivity contribution in [3.05, 3.63) is 152 Å². The zero-order valence-electron chi connectivity index (χ0n) is 26.7. The lowest BCUT2D eigenvalue weighted by atomic mass is 9.83. The average molecular weight is 638 g/mol. The van der Waals surface area contributed by atoms with E-state index in [9.17, 15) is 0 Å². The standard InChI is InChI=1S/C44H35N3S/c1-3-11-28(12-4-1)29-19-21-30(22-20-29)42-35-16-7-9-17-37(35)45-44(46-42)31-23-25-38-36(27-31)41-39(47(38)32-13-5-2-6-14-32)26-24-34-33-15-8-10-18-40(33)48-43(34)41/h1-6,10-14,16-22,24-27,31,34,43H,7-9,15,23H2. The number of para-hydroxylation sites is 1. The van der Waals surface area contributed by atoms with Gasteiger partial charge in [0, 0.05) is 49.0 Å². The molecule has 232 valence electrons. The molecule has 0 N–H and O–H groups in total. The van der Waals surface area contributed by atoms with Crippen LogP contribution in [0.15, 0.2) is 114 Å². The summed E-state index contributed by atoms with van der Waals surface area (Å²) in [5.74, 6) is 1.49. The van der Waals surface area contributed by atoms with Crippen molar-refractivity contribution in [3.8, 4) is 28.1 Å². The lowest BCUT2D eigenvalue weighted by Gasteiger charge is -2.24. The molecule has 0 saturated carbocycles. The van der Waals surface area contributed by atoms with Crippen LogP contribution in [0.1, 0.15) is 60.4 Å². The fourth-order valence-corrected chi connectivity index (χ4v) is 9.93. The molecule has 3 aromatic carbocycles. The molecule has 1 aliphatic heterocycles. The minimum Gasteiger partial charge on any atom is -0.310 e. The minimum absolute atomic E-state index is 0.106. The molecule has 10 rings (SSSR count). The highest BCUT2D eigenvalue weighted by Crippen LogP contribution is 2.56. The van der Waals surface area contributed by atoms with E-state index in [-0.39, 0.29) is 5.92 Å². The number of benzene rings is 3. The van der Waals surface area contributed by atoms with E-state index >= 15 is 0 Å². The van der Waals surface area contributed by atoms with Crippen LogP contribution in [-0.2, 0) is 0 Å². The number of hydrogen-bond acceptors (Lipinski definition) is 3. The van der Waals surface area contributed by atoms with Crippen molar-refractivity contribution in [1.29, 1.82) is 0 Å². The Labute approximate surface area is 284 Å². The molecule has 3 nitrogen and oxygen atoms in total. The van der Waals surface area contributed by atoms with Gasteiger partial charge in [0.25, 0.3) is 0 Å². The van der Waals surface area contributed by atoms with Crippen molar-refractivity contribution in [2.45, 2.75) is 43.3 Å². The highest BCUT2D eigenvalue weighted by atomic mass is 32.2. The molecule has 3 unspecified atom stereocenters. The molecule has 3 heterocycles. The van der Waals surface area contributed by atoms with Crippen LogP contribution in [0.4, 0.5) is 0 Å². The van der Waals surface area contributed by atoms with E-state index in [4.69, 9.17) is 9.97 Å². The van der Waals surface area contributed by atoms with Crippen LogP contribution in [-0.4, -0.2) is 14.5 Å². The summed E-state index contributed by atoms with van der Waals surface area (Å²) in [5, 5.41) is 5.32. The van der Waals surface area contributed by atoms with Gasteiger partial charge < -0.3 is 4.57 Å². The van der Waals surface area contributed by atoms with E-state index in [0.717, 1.165) is 48.1 Å². The summed E-state index contributed by atoms with van der Waals surface area (Å²) >= 11 is 2.07. The second-order valence-electron chi connectivity index (χ2n) is 13.4. The van der Waals surface area contributed by atoms with Crippen LogP contribution < -0.4 is 21.1 Å². The van der Waals surface area contributed by atoms with Gasteiger partial charge in [0.2, 0.25) is 0 Å². The summed E-state index contributed by atoms with van der Waals surface area (Å²) in [4.78, 5) is 12.2. The van der Waals surface area contributed by atoms with E-state index < -0.39 is 0 Å². The van der Waals surface area contributed by atoms with Crippen molar-refractivity contribution < 1.29 is 0 Å². The highest BCUT2D eigenvalue weighted by molar-refractivity contribution is 8.03. The lowest BCUT2D eigenvalue weighted by molar-refractivity contribution is 0.694. The van der Waals surface area contributed by atoms with Crippen molar-refractivity contribution in [2.75, 3.05) is 0 Å². The summed E-state index contributed by atoms with van der Waals surface area (Å²) in [6.45, 7) is 0. The summed E-state index contributed by atoms with van der Waals surface area (Å²) in [6.07, 6.45) is 24.5. The molecule has 5 aromatic rings. The van der Waals surface area contributed by atoms with Crippen LogP contribution in [0.25, 0.3) is 58.5 Å². The maximum absolute atomic E-state index is 5.40. The number of thioether (sulfide) groups is 1. The van der Waals surface area contributed by atoms with Crippen molar-refractivity contribution >= 4 is 42.1 Å². The van der Waals surface area contributed by atoms with E-state index in [1.165, 1.54) is 55.2 Å². The average Bonchev–Trinajstić information content (AvgIpc) is 3.70. The fourth-order valence-electron chi connectivity index (χ4n) is 8.32. The second-order valence-corrected chi connectivity index (χ2v) is 14.6. The van der Waals surface area contributed by atoms with E-state index in [0.29, 0.717) is 11.2 Å². The molecule has 0 bridgehead atoms.